The van der Waals surface area contributed by atoms with Gasteiger partial charge >= 0.3 is 0 Å². The molecule has 2 fully saturated rings. The van der Waals surface area contributed by atoms with Gasteiger partial charge in [-0.05, 0) is 37.5 Å². The van der Waals surface area contributed by atoms with E-state index >= 15 is 0 Å². The fourth-order valence-corrected chi connectivity index (χ4v) is 2.87. The van der Waals surface area contributed by atoms with Crippen molar-refractivity contribution in [2.45, 2.75) is 58.0 Å². The maximum absolute atomic E-state index is 12.2. The van der Waals surface area contributed by atoms with Gasteiger partial charge in [0.05, 0.1) is 0 Å². The lowest BCUT2D eigenvalue weighted by atomic mass is 10.1. The summed E-state index contributed by atoms with van der Waals surface area (Å²) in [6, 6.07) is 0.443. The highest BCUT2D eigenvalue weighted by Gasteiger charge is 2.42. The Labute approximate surface area is 114 Å². The summed E-state index contributed by atoms with van der Waals surface area (Å²) in [5, 5.41) is 3.26. The Hall–Kier alpha value is -1.32. The number of imidazole rings is 1. The standard InChI is InChI=1S/C15H23N3O/c1-10(2)15-16-7-8-18(15)9-13(19)17-14(11-3-4-11)12-5-6-12/h7-8,10-12,14H,3-6,9H2,1-2H3,(H,17,19). The molecule has 0 atom stereocenters. The number of nitrogens with one attached hydrogen (secondary N) is 1. The zero-order chi connectivity index (χ0) is 13.4. The largest absolute Gasteiger partial charge is 0.351 e. The van der Waals surface area contributed by atoms with Gasteiger partial charge in [0.15, 0.2) is 0 Å². The van der Waals surface area contributed by atoms with Crippen LogP contribution in [0.1, 0.15) is 51.3 Å². The molecule has 0 aliphatic heterocycles. The molecule has 0 aromatic carbocycles. The Morgan fingerprint density at radius 3 is 2.53 bits per heavy atom. The predicted octanol–water partition coefficient (Wildman–Crippen LogP) is 2.31. The van der Waals surface area contributed by atoms with Crippen LogP contribution < -0.4 is 5.32 Å². The maximum Gasteiger partial charge on any atom is 0.240 e. The Kier molecular flexibility index (Phi) is 3.33. The molecule has 19 heavy (non-hydrogen) atoms. The van der Waals surface area contributed by atoms with E-state index in [9.17, 15) is 4.79 Å². The third-order valence-electron chi connectivity index (χ3n) is 4.17. The molecule has 104 valence electrons. The lowest BCUT2D eigenvalue weighted by molar-refractivity contribution is -0.122. The minimum atomic E-state index is 0.142. The van der Waals surface area contributed by atoms with Crippen LogP contribution in [0, 0.1) is 11.8 Å². The highest BCUT2D eigenvalue weighted by molar-refractivity contribution is 5.76. The molecule has 0 bridgehead atoms. The predicted molar refractivity (Wildman–Crippen MR) is 73.7 cm³/mol. The number of amides is 1. The Morgan fingerprint density at radius 2 is 2.00 bits per heavy atom. The summed E-state index contributed by atoms with van der Waals surface area (Å²) in [4.78, 5) is 16.5. The van der Waals surface area contributed by atoms with Crippen LogP contribution in [-0.2, 0) is 11.3 Å². The summed E-state index contributed by atoms with van der Waals surface area (Å²) in [6.07, 6.45) is 8.86. The molecular weight excluding hydrogens is 238 g/mol. The molecule has 0 unspecified atom stereocenters. The van der Waals surface area contributed by atoms with E-state index in [1.807, 2.05) is 10.8 Å². The first-order valence-corrected chi connectivity index (χ1v) is 7.45. The second kappa shape index (κ2) is 4.99. The van der Waals surface area contributed by atoms with Crippen molar-refractivity contribution < 1.29 is 4.79 Å². The first-order chi connectivity index (χ1) is 9.15. The van der Waals surface area contributed by atoms with Gasteiger partial charge in [0.2, 0.25) is 5.91 Å². The van der Waals surface area contributed by atoms with E-state index in [2.05, 4.69) is 24.1 Å². The summed E-state index contributed by atoms with van der Waals surface area (Å²) >= 11 is 0. The quantitative estimate of drug-likeness (QED) is 0.854. The van der Waals surface area contributed by atoms with E-state index in [4.69, 9.17) is 0 Å². The van der Waals surface area contributed by atoms with Gasteiger partial charge in [-0.3, -0.25) is 4.79 Å². The molecule has 1 aromatic rings. The van der Waals surface area contributed by atoms with Crippen LogP contribution in [0.25, 0.3) is 0 Å². The van der Waals surface area contributed by atoms with Crippen molar-refractivity contribution in [3.8, 4) is 0 Å². The van der Waals surface area contributed by atoms with Crippen molar-refractivity contribution in [3.05, 3.63) is 18.2 Å². The second-order valence-corrected chi connectivity index (χ2v) is 6.34. The Balaban J connectivity index is 1.59. The van der Waals surface area contributed by atoms with E-state index in [0.717, 1.165) is 17.7 Å². The first-order valence-electron chi connectivity index (χ1n) is 7.45. The third-order valence-corrected chi connectivity index (χ3v) is 4.17. The molecule has 1 N–H and O–H groups in total. The lowest BCUT2D eigenvalue weighted by Gasteiger charge is -2.18. The summed E-state index contributed by atoms with van der Waals surface area (Å²) in [5.74, 6) is 2.99. The van der Waals surface area contributed by atoms with Crippen LogP contribution >= 0.6 is 0 Å². The third kappa shape index (κ3) is 2.99. The van der Waals surface area contributed by atoms with Crippen LogP contribution in [0.15, 0.2) is 12.4 Å². The van der Waals surface area contributed by atoms with Crippen LogP contribution in [0.2, 0.25) is 0 Å². The zero-order valence-electron chi connectivity index (χ0n) is 11.8. The molecule has 0 saturated heterocycles. The topological polar surface area (TPSA) is 46.9 Å². The van der Waals surface area contributed by atoms with Gasteiger partial charge in [-0.1, -0.05) is 13.8 Å². The molecule has 2 aliphatic carbocycles. The zero-order valence-corrected chi connectivity index (χ0v) is 11.8. The smallest absolute Gasteiger partial charge is 0.240 e. The molecule has 0 radical (unpaired) electrons. The van der Waals surface area contributed by atoms with E-state index in [0.29, 0.717) is 18.5 Å². The number of hydrogen-bond acceptors (Lipinski definition) is 2. The molecule has 1 heterocycles. The van der Waals surface area contributed by atoms with E-state index in [1.165, 1.54) is 25.7 Å². The van der Waals surface area contributed by atoms with Gasteiger partial charge in [-0.15, -0.1) is 0 Å². The fourth-order valence-electron chi connectivity index (χ4n) is 2.87. The average molecular weight is 261 g/mol. The molecular formula is C15H23N3O. The molecule has 2 aliphatic rings. The van der Waals surface area contributed by atoms with Gasteiger partial charge in [-0.25, -0.2) is 4.98 Å². The van der Waals surface area contributed by atoms with Crippen molar-refractivity contribution in [2.75, 3.05) is 0 Å². The Morgan fingerprint density at radius 1 is 1.37 bits per heavy atom. The van der Waals surface area contributed by atoms with Crippen molar-refractivity contribution in [2.24, 2.45) is 11.8 Å². The van der Waals surface area contributed by atoms with Crippen molar-refractivity contribution in [3.63, 3.8) is 0 Å². The minimum absolute atomic E-state index is 0.142. The average Bonchev–Trinajstić information content (AvgIpc) is 3.26. The van der Waals surface area contributed by atoms with Crippen molar-refractivity contribution in [1.29, 1.82) is 0 Å². The van der Waals surface area contributed by atoms with Gasteiger partial charge in [0, 0.05) is 24.4 Å². The van der Waals surface area contributed by atoms with Crippen molar-refractivity contribution >= 4 is 5.91 Å². The summed E-state index contributed by atoms with van der Waals surface area (Å²) in [7, 11) is 0. The monoisotopic (exact) mass is 261 g/mol. The minimum Gasteiger partial charge on any atom is -0.351 e. The first kappa shape index (κ1) is 12.7. The Bertz CT molecular complexity index is 446. The highest BCUT2D eigenvalue weighted by Crippen LogP contribution is 2.44. The number of nitrogens with zero attached hydrogens (tertiary/aromatic N) is 2. The van der Waals surface area contributed by atoms with Crippen molar-refractivity contribution in [1.82, 2.24) is 14.9 Å². The normalized spacial score (nSPS) is 19.2. The van der Waals surface area contributed by atoms with Crippen LogP contribution in [0.3, 0.4) is 0 Å². The molecule has 4 nitrogen and oxygen atoms in total. The second-order valence-electron chi connectivity index (χ2n) is 6.34. The van der Waals surface area contributed by atoms with Gasteiger partial charge in [-0.2, -0.15) is 0 Å². The van der Waals surface area contributed by atoms with Crippen LogP contribution in [0.5, 0.6) is 0 Å². The number of rotatable bonds is 6. The molecule has 0 spiro atoms. The van der Waals surface area contributed by atoms with E-state index < -0.39 is 0 Å². The van der Waals surface area contributed by atoms with Gasteiger partial charge in [0.1, 0.15) is 12.4 Å². The number of carbonyl (C=O) groups is 1. The van der Waals surface area contributed by atoms with E-state index in [-0.39, 0.29) is 5.91 Å². The van der Waals surface area contributed by atoms with E-state index in [1.54, 1.807) is 6.20 Å². The fraction of sp³-hybridized carbons (Fsp3) is 0.733. The maximum atomic E-state index is 12.2. The molecule has 1 amide bonds. The van der Waals surface area contributed by atoms with Gasteiger partial charge in [0.25, 0.3) is 0 Å². The summed E-state index contributed by atoms with van der Waals surface area (Å²) < 4.78 is 1.97. The molecule has 4 heteroatoms. The van der Waals surface area contributed by atoms with Crippen LogP contribution in [0.4, 0.5) is 0 Å². The molecule has 1 aromatic heterocycles. The number of hydrogen-bond donors (Lipinski definition) is 1. The molecule has 3 rings (SSSR count). The summed E-state index contributed by atoms with van der Waals surface area (Å²) in [6.45, 7) is 4.62. The molecule has 2 saturated carbocycles. The number of carbonyl (C=O) groups excluding carboxylic acids is 1. The number of aromatic nitrogens is 2. The summed E-state index contributed by atoms with van der Waals surface area (Å²) in [5.41, 5.74) is 0. The lowest BCUT2D eigenvalue weighted by Crippen LogP contribution is -2.40. The van der Waals surface area contributed by atoms with Gasteiger partial charge < -0.3 is 9.88 Å². The highest BCUT2D eigenvalue weighted by atomic mass is 16.2. The van der Waals surface area contributed by atoms with Crippen LogP contribution in [-0.4, -0.2) is 21.5 Å². The SMILES string of the molecule is CC(C)c1nccn1CC(=O)NC(C1CC1)C1CC1.